The molecule has 0 radical (unpaired) electrons. The van der Waals surface area contributed by atoms with Gasteiger partial charge in [-0.3, -0.25) is 0 Å². The molecular formula is C26H37NO. The molecule has 2 heteroatoms. The van der Waals surface area contributed by atoms with E-state index in [-0.39, 0.29) is 12.5 Å². The summed E-state index contributed by atoms with van der Waals surface area (Å²) in [4.78, 5) is 2.56. The number of aliphatic hydroxyl groups excluding tert-OH is 1. The lowest BCUT2D eigenvalue weighted by atomic mass is 9.81. The van der Waals surface area contributed by atoms with Crippen molar-refractivity contribution in [2.45, 2.75) is 70.3 Å². The highest BCUT2D eigenvalue weighted by Gasteiger charge is 2.25. The first-order chi connectivity index (χ1) is 13.7. The summed E-state index contributed by atoms with van der Waals surface area (Å²) in [7, 11) is 2.29. The van der Waals surface area contributed by atoms with Gasteiger partial charge in [0.15, 0.2) is 0 Å². The zero-order valence-electron chi connectivity index (χ0n) is 17.9. The molecule has 1 saturated heterocycles. The molecule has 0 amide bonds. The molecule has 1 heterocycles. The third-order valence-corrected chi connectivity index (χ3v) is 6.69. The van der Waals surface area contributed by atoms with Crippen molar-refractivity contribution in [1.29, 1.82) is 0 Å². The number of benzene rings is 2. The Morgan fingerprint density at radius 1 is 1.00 bits per heavy atom. The Kier molecular flexibility index (Phi) is 7.70. The minimum Gasteiger partial charge on any atom is -0.396 e. The molecule has 2 nitrogen and oxygen atoms in total. The molecule has 0 aliphatic carbocycles. The maximum Gasteiger partial charge on any atom is 0.0499 e. The van der Waals surface area contributed by atoms with E-state index >= 15 is 0 Å². The molecule has 2 aromatic rings. The Labute approximate surface area is 171 Å². The topological polar surface area (TPSA) is 23.5 Å². The van der Waals surface area contributed by atoms with E-state index in [9.17, 15) is 5.11 Å². The Morgan fingerprint density at radius 3 is 2.39 bits per heavy atom. The molecule has 3 atom stereocenters. The fourth-order valence-electron chi connectivity index (χ4n) is 4.71. The summed E-state index contributed by atoms with van der Waals surface area (Å²) < 4.78 is 0. The monoisotopic (exact) mass is 379 g/mol. The van der Waals surface area contributed by atoms with Crippen LogP contribution in [0.25, 0.3) is 0 Å². The van der Waals surface area contributed by atoms with Crippen molar-refractivity contribution in [3.63, 3.8) is 0 Å². The third-order valence-electron chi connectivity index (χ3n) is 6.69. The second kappa shape index (κ2) is 10.2. The lowest BCUT2D eigenvalue weighted by molar-refractivity contribution is 0.172. The first-order valence-electron chi connectivity index (χ1n) is 11.2. The second-order valence-corrected chi connectivity index (χ2v) is 8.47. The largest absolute Gasteiger partial charge is 0.396 e. The standard InChI is InChI=1S/C26H37NO/c1-4-20-10-8-12-23(16-20)26(18-25-14-6-7-15-27(25)3)24-13-9-11-22(17-24)21(5-2)19-28/h8-13,16-17,21,25-26,28H,4-7,14-15,18-19H2,1-3H3. The number of piperidine rings is 1. The molecule has 2 aromatic carbocycles. The summed E-state index contributed by atoms with van der Waals surface area (Å²) in [6.45, 7) is 5.83. The van der Waals surface area contributed by atoms with Crippen molar-refractivity contribution in [2.24, 2.45) is 0 Å². The van der Waals surface area contributed by atoms with Gasteiger partial charge in [-0.2, -0.15) is 0 Å². The van der Waals surface area contributed by atoms with Crippen LogP contribution in [0.15, 0.2) is 48.5 Å². The summed E-state index contributed by atoms with van der Waals surface area (Å²) >= 11 is 0. The summed E-state index contributed by atoms with van der Waals surface area (Å²) in [6.07, 6.45) is 7.19. The zero-order valence-corrected chi connectivity index (χ0v) is 17.9. The highest BCUT2D eigenvalue weighted by Crippen LogP contribution is 2.35. The quantitative estimate of drug-likeness (QED) is 0.632. The normalized spacial score (nSPS) is 20.1. The summed E-state index contributed by atoms with van der Waals surface area (Å²) in [5.41, 5.74) is 5.53. The first-order valence-corrected chi connectivity index (χ1v) is 11.2. The van der Waals surface area contributed by atoms with Crippen LogP contribution >= 0.6 is 0 Å². The van der Waals surface area contributed by atoms with Crippen molar-refractivity contribution < 1.29 is 5.11 Å². The highest BCUT2D eigenvalue weighted by molar-refractivity contribution is 5.38. The average Bonchev–Trinajstić information content (AvgIpc) is 2.74. The number of aliphatic hydroxyl groups is 1. The molecule has 152 valence electrons. The first kappa shape index (κ1) is 21.1. The maximum absolute atomic E-state index is 9.78. The average molecular weight is 380 g/mol. The van der Waals surface area contributed by atoms with Crippen molar-refractivity contribution in [3.05, 3.63) is 70.8 Å². The van der Waals surface area contributed by atoms with Crippen molar-refractivity contribution in [2.75, 3.05) is 20.2 Å². The van der Waals surface area contributed by atoms with E-state index in [1.807, 2.05) is 0 Å². The van der Waals surface area contributed by atoms with Crippen LogP contribution in [0.2, 0.25) is 0 Å². The van der Waals surface area contributed by atoms with Crippen LogP contribution in [0.1, 0.15) is 80.0 Å². The van der Waals surface area contributed by atoms with Gasteiger partial charge in [0, 0.05) is 24.5 Å². The van der Waals surface area contributed by atoms with Gasteiger partial charge < -0.3 is 10.0 Å². The van der Waals surface area contributed by atoms with Gasteiger partial charge in [-0.15, -0.1) is 0 Å². The minimum atomic E-state index is 0.224. The second-order valence-electron chi connectivity index (χ2n) is 8.47. The number of rotatable bonds is 8. The van der Waals surface area contributed by atoms with Gasteiger partial charge in [0.25, 0.3) is 0 Å². The fourth-order valence-corrected chi connectivity index (χ4v) is 4.71. The summed E-state index contributed by atoms with van der Waals surface area (Å²) in [6, 6.07) is 18.8. The number of likely N-dealkylation sites (tertiary alicyclic amines) is 1. The molecule has 3 rings (SSSR count). The SMILES string of the molecule is CCc1cccc(C(CC2CCCCN2C)c2cccc(C(CC)CO)c2)c1. The molecule has 1 aliphatic heterocycles. The highest BCUT2D eigenvalue weighted by atomic mass is 16.3. The van der Waals surface area contributed by atoms with E-state index in [1.165, 1.54) is 54.5 Å². The van der Waals surface area contributed by atoms with Crippen molar-refractivity contribution in [1.82, 2.24) is 4.90 Å². The molecule has 0 saturated carbocycles. The molecule has 0 bridgehead atoms. The lowest BCUT2D eigenvalue weighted by Gasteiger charge is -2.35. The van der Waals surface area contributed by atoms with Crippen LogP contribution in [0.4, 0.5) is 0 Å². The van der Waals surface area contributed by atoms with Gasteiger partial charge in [-0.05, 0) is 68.0 Å². The van der Waals surface area contributed by atoms with Crippen molar-refractivity contribution >= 4 is 0 Å². The van der Waals surface area contributed by atoms with Crippen LogP contribution in [0.3, 0.4) is 0 Å². The molecular weight excluding hydrogens is 342 g/mol. The number of hydrogen-bond donors (Lipinski definition) is 1. The predicted molar refractivity (Wildman–Crippen MR) is 119 cm³/mol. The fraction of sp³-hybridized carbons (Fsp3) is 0.538. The number of aryl methyl sites for hydroxylation is 1. The van der Waals surface area contributed by atoms with Crippen LogP contribution in [0, 0.1) is 0 Å². The van der Waals surface area contributed by atoms with E-state index in [1.54, 1.807) is 0 Å². The van der Waals surface area contributed by atoms with Gasteiger partial charge in [-0.1, -0.05) is 68.8 Å². The molecule has 1 N–H and O–H groups in total. The van der Waals surface area contributed by atoms with Crippen molar-refractivity contribution in [3.8, 4) is 0 Å². The van der Waals surface area contributed by atoms with Gasteiger partial charge in [-0.25, -0.2) is 0 Å². The Bertz CT molecular complexity index is 737. The van der Waals surface area contributed by atoms with E-state index < -0.39 is 0 Å². The molecule has 28 heavy (non-hydrogen) atoms. The summed E-state index contributed by atoms with van der Waals surface area (Å²) in [5.74, 6) is 0.646. The molecule has 0 aromatic heterocycles. The smallest absolute Gasteiger partial charge is 0.0499 e. The van der Waals surface area contributed by atoms with Gasteiger partial charge >= 0.3 is 0 Å². The Morgan fingerprint density at radius 2 is 1.71 bits per heavy atom. The van der Waals surface area contributed by atoms with Crippen LogP contribution in [-0.4, -0.2) is 36.2 Å². The van der Waals surface area contributed by atoms with Crippen LogP contribution in [-0.2, 0) is 6.42 Å². The number of nitrogens with zero attached hydrogens (tertiary/aromatic N) is 1. The molecule has 0 spiro atoms. The molecule has 1 aliphatic rings. The zero-order chi connectivity index (χ0) is 19.9. The van der Waals surface area contributed by atoms with Gasteiger partial charge in [0.1, 0.15) is 0 Å². The predicted octanol–water partition coefficient (Wildman–Crippen LogP) is 5.74. The Balaban J connectivity index is 1.96. The third kappa shape index (κ3) is 5.04. The van der Waals surface area contributed by atoms with Gasteiger partial charge in [0.05, 0.1) is 0 Å². The van der Waals surface area contributed by atoms with E-state index in [4.69, 9.17) is 0 Å². The van der Waals surface area contributed by atoms with Crippen LogP contribution in [0.5, 0.6) is 0 Å². The van der Waals surface area contributed by atoms with E-state index in [2.05, 4.69) is 74.3 Å². The molecule has 3 unspecified atom stereocenters. The number of hydrogen-bond acceptors (Lipinski definition) is 2. The summed E-state index contributed by atoms with van der Waals surface area (Å²) in [5, 5.41) is 9.78. The lowest BCUT2D eigenvalue weighted by Crippen LogP contribution is -2.37. The maximum atomic E-state index is 9.78. The van der Waals surface area contributed by atoms with Crippen LogP contribution < -0.4 is 0 Å². The molecule has 1 fully saturated rings. The Hall–Kier alpha value is -1.64. The van der Waals surface area contributed by atoms with Gasteiger partial charge in [0.2, 0.25) is 0 Å². The van der Waals surface area contributed by atoms with E-state index in [0.717, 1.165) is 12.8 Å². The van der Waals surface area contributed by atoms with E-state index in [0.29, 0.717) is 12.0 Å². The minimum absolute atomic E-state index is 0.224.